The van der Waals surface area contributed by atoms with Crippen LogP contribution in [0.4, 0.5) is 4.39 Å². The number of fused-ring (bicyclic) bond motifs is 1. The summed E-state index contributed by atoms with van der Waals surface area (Å²) in [5, 5.41) is 3.45. The first-order valence-corrected chi connectivity index (χ1v) is 10.5. The van der Waals surface area contributed by atoms with Crippen molar-refractivity contribution in [3.8, 4) is 11.3 Å². The summed E-state index contributed by atoms with van der Waals surface area (Å²) in [6.45, 7) is 0. The Kier molecular flexibility index (Phi) is 6.82. The van der Waals surface area contributed by atoms with Crippen LogP contribution in [-0.2, 0) is 9.53 Å². The van der Waals surface area contributed by atoms with Crippen LogP contribution in [-0.4, -0.2) is 42.0 Å². The fourth-order valence-electron chi connectivity index (χ4n) is 2.99. The number of nitrogens with one attached hydrogen (secondary N) is 1. The van der Waals surface area contributed by atoms with Crippen LogP contribution in [0.5, 0.6) is 0 Å². The number of carbonyl (C=O) groups is 2. The molecule has 1 atom stereocenters. The number of benzene rings is 2. The zero-order valence-electron chi connectivity index (χ0n) is 16.1. The highest BCUT2D eigenvalue weighted by atomic mass is 32.2. The standard InChI is InChI=1S/C22H21FN2O3S/c1-28-22(27)19(11-12-29-2)25-21(26)17-13-20(14-7-9-15(23)10-8-14)24-18-6-4-3-5-16(17)18/h3-10,13,19H,11-12H2,1-2H3,(H,25,26)/t19-/m1/s1. The first-order valence-electron chi connectivity index (χ1n) is 9.07. The minimum atomic E-state index is -0.735. The average molecular weight is 412 g/mol. The van der Waals surface area contributed by atoms with Gasteiger partial charge in [-0.25, -0.2) is 14.2 Å². The molecule has 1 aromatic heterocycles. The number of methoxy groups -OCH3 is 1. The lowest BCUT2D eigenvalue weighted by Gasteiger charge is -2.17. The van der Waals surface area contributed by atoms with Gasteiger partial charge in [-0.1, -0.05) is 18.2 Å². The number of halogens is 1. The summed E-state index contributed by atoms with van der Waals surface area (Å²) in [7, 11) is 1.30. The lowest BCUT2D eigenvalue weighted by atomic mass is 10.0. The summed E-state index contributed by atoms with van der Waals surface area (Å²) in [5.74, 6) is -0.506. The molecule has 1 amide bonds. The molecule has 1 heterocycles. The molecule has 0 fully saturated rings. The highest BCUT2D eigenvalue weighted by Crippen LogP contribution is 2.25. The number of ether oxygens (including phenoxy) is 1. The molecule has 7 heteroatoms. The molecule has 3 rings (SSSR count). The second-order valence-corrected chi connectivity index (χ2v) is 7.40. The summed E-state index contributed by atoms with van der Waals surface area (Å²) in [5.41, 5.74) is 2.27. The van der Waals surface area contributed by atoms with Crippen LogP contribution in [0.15, 0.2) is 54.6 Å². The van der Waals surface area contributed by atoms with Crippen molar-refractivity contribution in [2.45, 2.75) is 12.5 Å². The van der Waals surface area contributed by atoms with Crippen molar-refractivity contribution in [2.75, 3.05) is 19.1 Å². The summed E-state index contributed by atoms with van der Waals surface area (Å²) in [6, 6.07) is 14.1. The maximum atomic E-state index is 13.3. The topological polar surface area (TPSA) is 68.3 Å². The van der Waals surface area contributed by atoms with Crippen molar-refractivity contribution in [3.63, 3.8) is 0 Å². The van der Waals surface area contributed by atoms with E-state index in [4.69, 9.17) is 4.74 Å². The van der Waals surface area contributed by atoms with Crippen molar-refractivity contribution in [2.24, 2.45) is 0 Å². The van der Waals surface area contributed by atoms with Gasteiger partial charge in [0.25, 0.3) is 5.91 Å². The number of carbonyl (C=O) groups excluding carboxylic acids is 2. The van der Waals surface area contributed by atoms with Gasteiger partial charge in [-0.15, -0.1) is 0 Å². The molecule has 0 aliphatic rings. The molecule has 0 unspecified atom stereocenters. The quantitative estimate of drug-likeness (QED) is 0.593. The van der Waals surface area contributed by atoms with E-state index in [2.05, 4.69) is 10.3 Å². The molecule has 0 aliphatic heterocycles. The minimum absolute atomic E-state index is 0.345. The fourth-order valence-corrected chi connectivity index (χ4v) is 3.47. The van der Waals surface area contributed by atoms with Crippen LogP contribution in [0.25, 0.3) is 22.2 Å². The molecule has 0 saturated heterocycles. The van der Waals surface area contributed by atoms with Crippen molar-refractivity contribution in [1.82, 2.24) is 10.3 Å². The van der Waals surface area contributed by atoms with E-state index in [9.17, 15) is 14.0 Å². The molecule has 0 bridgehead atoms. The van der Waals surface area contributed by atoms with Crippen LogP contribution >= 0.6 is 11.8 Å². The van der Waals surface area contributed by atoms with E-state index in [0.717, 1.165) is 0 Å². The van der Waals surface area contributed by atoms with Gasteiger partial charge < -0.3 is 10.1 Å². The van der Waals surface area contributed by atoms with Crippen molar-refractivity contribution >= 4 is 34.5 Å². The molecule has 29 heavy (non-hydrogen) atoms. The van der Waals surface area contributed by atoms with Crippen LogP contribution in [0.1, 0.15) is 16.8 Å². The van der Waals surface area contributed by atoms with Gasteiger partial charge in [-0.3, -0.25) is 4.79 Å². The number of pyridine rings is 1. The number of para-hydroxylation sites is 1. The molecule has 2 aromatic carbocycles. The van der Waals surface area contributed by atoms with Gasteiger partial charge in [0, 0.05) is 10.9 Å². The van der Waals surface area contributed by atoms with Gasteiger partial charge in [0.15, 0.2) is 0 Å². The van der Waals surface area contributed by atoms with Crippen molar-refractivity contribution in [3.05, 3.63) is 66.0 Å². The first-order chi connectivity index (χ1) is 14.0. The lowest BCUT2D eigenvalue weighted by Crippen LogP contribution is -2.42. The van der Waals surface area contributed by atoms with E-state index < -0.39 is 12.0 Å². The second-order valence-electron chi connectivity index (χ2n) is 6.41. The summed E-state index contributed by atoms with van der Waals surface area (Å²) in [6.07, 6.45) is 2.40. The third kappa shape index (κ3) is 4.92. The van der Waals surface area contributed by atoms with E-state index in [-0.39, 0.29) is 11.7 Å². The molecule has 150 valence electrons. The van der Waals surface area contributed by atoms with E-state index >= 15 is 0 Å². The van der Waals surface area contributed by atoms with Gasteiger partial charge in [0.1, 0.15) is 11.9 Å². The Labute approximate surface area is 172 Å². The van der Waals surface area contributed by atoms with Crippen molar-refractivity contribution in [1.29, 1.82) is 0 Å². The number of amides is 1. The molecule has 0 aliphatic carbocycles. The van der Waals surface area contributed by atoms with E-state index in [1.54, 1.807) is 36.0 Å². The zero-order chi connectivity index (χ0) is 20.8. The first kappa shape index (κ1) is 20.8. The maximum absolute atomic E-state index is 13.3. The number of rotatable bonds is 7. The van der Waals surface area contributed by atoms with Crippen LogP contribution in [0, 0.1) is 5.82 Å². The highest BCUT2D eigenvalue weighted by Gasteiger charge is 2.23. The molecule has 0 saturated carbocycles. The third-order valence-electron chi connectivity index (χ3n) is 4.50. The molecule has 0 radical (unpaired) electrons. The Morgan fingerprint density at radius 3 is 2.59 bits per heavy atom. The highest BCUT2D eigenvalue weighted by molar-refractivity contribution is 7.98. The van der Waals surface area contributed by atoms with Gasteiger partial charge >= 0.3 is 5.97 Å². The monoisotopic (exact) mass is 412 g/mol. The summed E-state index contributed by atoms with van der Waals surface area (Å²) in [4.78, 5) is 29.8. The average Bonchev–Trinajstić information content (AvgIpc) is 2.75. The van der Waals surface area contributed by atoms with Crippen LogP contribution in [0.3, 0.4) is 0 Å². The minimum Gasteiger partial charge on any atom is -0.467 e. The summed E-state index contributed by atoms with van der Waals surface area (Å²) >= 11 is 1.58. The van der Waals surface area contributed by atoms with Gasteiger partial charge in [-0.05, 0) is 54.8 Å². The predicted molar refractivity (Wildman–Crippen MR) is 113 cm³/mol. The van der Waals surface area contributed by atoms with Crippen LogP contribution in [0.2, 0.25) is 0 Å². The molecular formula is C22H21FN2O3S. The molecular weight excluding hydrogens is 391 g/mol. The Morgan fingerprint density at radius 1 is 1.17 bits per heavy atom. The third-order valence-corrected chi connectivity index (χ3v) is 5.15. The Morgan fingerprint density at radius 2 is 1.90 bits per heavy atom. The number of aromatic nitrogens is 1. The Hall–Kier alpha value is -2.93. The van der Waals surface area contributed by atoms with Gasteiger partial charge in [0.05, 0.1) is 23.9 Å². The maximum Gasteiger partial charge on any atom is 0.328 e. The van der Waals surface area contributed by atoms with E-state index in [1.165, 1.54) is 19.2 Å². The van der Waals surface area contributed by atoms with Crippen LogP contribution < -0.4 is 5.32 Å². The Balaban J connectivity index is 2.01. The van der Waals surface area contributed by atoms with Gasteiger partial charge in [0.2, 0.25) is 0 Å². The fraction of sp³-hybridized carbons (Fsp3) is 0.227. The van der Waals surface area contributed by atoms with E-state index in [0.29, 0.717) is 39.9 Å². The number of nitrogens with zero attached hydrogens (tertiary/aromatic N) is 1. The predicted octanol–water partition coefficient (Wildman–Crippen LogP) is 4.07. The van der Waals surface area contributed by atoms with Crippen molar-refractivity contribution < 1.29 is 18.7 Å². The van der Waals surface area contributed by atoms with Gasteiger partial charge in [-0.2, -0.15) is 11.8 Å². The number of esters is 1. The number of thioether (sulfide) groups is 1. The molecule has 3 aromatic rings. The zero-order valence-corrected chi connectivity index (χ0v) is 17.0. The van der Waals surface area contributed by atoms with E-state index in [1.807, 2.05) is 24.5 Å². The Bertz CT molecular complexity index is 1020. The number of hydrogen-bond donors (Lipinski definition) is 1. The summed E-state index contributed by atoms with van der Waals surface area (Å²) < 4.78 is 18.1. The number of hydrogen-bond acceptors (Lipinski definition) is 5. The SMILES string of the molecule is COC(=O)[C@@H](CCSC)NC(=O)c1cc(-c2ccc(F)cc2)nc2ccccc12. The molecule has 0 spiro atoms. The molecule has 1 N–H and O–H groups in total. The molecule has 5 nitrogen and oxygen atoms in total. The smallest absolute Gasteiger partial charge is 0.328 e. The second kappa shape index (κ2) is 9.52. The largest absolute Gasteiger partial charge is 0.467 e. The normalized spacial score (nSPS) is 11.8. The lowest BCUT2D eigenvalue weighted by molar-refractivity contribution is -0.142.